The Bertz CT molecular complexity index is 449. The number of aliphatic hydroxyl groups is 1. The SMILES string of the molecule is CCOc1cc(C)ccc1CNC(=O)N(C)C(C)CO. The largest absolute Gasteiger partial charge is 0.494 e. The zero-order valence-corrected chi connectivity index (χ0v) is 12.6. The van der Waals surface area contributed by atoms with Crippen LogP contribution in [-0.2, 0) is 6.54 Å². The summed E-state index contributed by atoms with van der Waals surface area (Å²) in [5.74, 6) is 0.797. The van der Waals surface area contributed by atoms with E-state index in [1.54, 1.807) is 14.0 Å². The van der Waals surface area contributed by atoms with Crippen LogP contribution in [0.5, 0.6) is 5.75 Å². The molecule has 0 spiro atoms. The van der Waals surface area contributed by atoms with Crippen LogP contribution in [0.3, 0.4) is 0 Å². The molecule has 1 rings (SSSR count). The van der Waals surface area contributed by atoms with Gasteiger partial charge in [0.1, 0.15) is 5.75 Å². The van der Waals surface area contributed by atoms with E-state index >= 15 is 0 Å². The van der Waals surface area contributed by atoms with Crippen LogP contribution < -0.4 is 10.1 Å². The molecule has 1 aromatic rings. The van der Waals surface area contributed by atoms with Crippen molar-refractivity contribution in [2.75, 3.05) is 20.3 Å². The fourth-order valence-corrected chi connectivity index (χ4v) is 1.72. The third kappa shape index (κ3) is 4.42. The van der Waals surface area contributed by atoms with Crippen molar-refractivity contribution in [1.82, 2.24) is 10.2 Å². The van der Waals surface area contributed by atoms with Gasteiger partial charge in [-0.05, 0) is 32.4 Å². The molecule has 0 heterocycles. The maximum absolute atomic E-state index is 11.9. The van der Waals surface area contributed by atoms with E-state index in [1.165, 1.54) is 4.90 Å². The van der Waals surface area contributed by atoms with Crippen LogP contribution in [0.2, 0.25) is 0 Å². The summed E-state index contributed by atoms with van der Waals surface area (Å²) in [5.41, 5.74) is 2.06. The number of urea groups is 1. The fourth-order valence-electron chi connectivity index (χ4n) is 1.72. The van der Waals surface area contributed by atoms with Crippen molar-refractivity contribution in [2.24, 2.45) is 0 Å². The third-order valence-corrected chi connectivity index (χ3v) is 3.20. The zero-order chi connectivity index (χ0) is 15.1. The smallest absolute Gasteiger partial charge is 0.317 e. The summed E-state index contributed by atoms with van der Waals surface area (Å²) >= 11 is 0. The van der Waals surface area contributed by atoms with E-state index < -0.39 is 0 Å². The number of hydrogen-bond donors (Lipinski definition) is 2. The molecule has 1 unspecified atom stereocenters. The minimum atomic E-state index is -0.213. The molecular weight excluding hydrogens is 256 g/mol. The zero-order valence-electron chi connectivity index (χ0n) is 12.6. The Balaban J connectivity index is 2.67. The average molecular weight is 280 g/mol. The number of carbonyl (C=O) groups excluding carboxylic acids is 1. The number of likely N-dealkylation sites (N-methyl/N-ethyl adjacent to an activating group) is 1. The van der Waals surface area contributed by atoms with Crippen molar-refractivity contribution in [3.63, 3.8) is 0 Å². The van der Waals surface area contributed by atoms with Gasteiger partial charge in [-0.1, -0.05) is 12.1 Å². The first-order valence-electron chi connectivity index (χ1n) is 6.83. The quantitative estimate of drug-likeness (QED) is 0.837. The molecule has 0 aliphatic heterocycles. The second-order valence-corrected chi connectivity index (χ2v) is 4.85. The van der Waals surface area contributed by atoms with Crippen molar-refractivity contribution >= 4 is 6.03 Å². The molecule has 1 atom stereocenters. The van der Waals surface area contributed by atoms with Crippen molar-refractivity contribution in [3.05, 3.63) is 29.3 Å². The molecule has 2 amide bonds. The number of aliphatic hydroxyl groups excluding tert-OH is 1. The van der Waals surface area contributed by atoms with Gasteiger partial charge in [0, 0.05) is 19.2 Å². The van der Waals surface area contributed by atoms with Gasteiger partial charge >= 0.3 is 6.03 Å². The molecule has 0 fully saturated rings. The molecule has 20 heavy (non-hydrogen) atoms. The third-order valence-electron chi connectivity index (χ3n) is 3.20. The summed E-state index contributed by atoms with van der Waals surface area (Å²) in [7, 11) is 1.66. The van der Waals surface area contributed by atoms with E-state index in [9.17, 15) is 4.79 Å². The average Bonchev–Trinajstić information content (AvgIpc) is 2.44. The summed E-state index contributed by atoms with van der Waals surface area (Å²) in [4.78, 5) is 13.4. The van der Waals surface area contributed by atoms with Crippen LogP contribution in [0, 0.1) is 6.92 Å². The number of amides is 2. The Morgan fingerprint density at radius 2 is 2.20 bits per heavy atom. The van der Waals surface area contributed by atoms with Gasteiger partial charge in [-0.2, -0.15) is 0 Å². The lowest BCUT2D eigenvalue weighted by molar-refractivity contribution is 0.157. The monoisotopic (exact) mass is 280 g/mol. The second-order valence-electron chi connectivity index (χ2n) is 4.85. The van der Waals surface area contributed by atoms with E-state index in [4.69, 9.17) is 9.84 Å². The van der Waals surface area contributed by atoms with Gasteiger partial charge in [0.15, 0.2) is 0 Å². The van der Waals surface area contributed by atoms with E-state index in [0.717, 1.165) is 16.9 Å². The van der Waals surface area contributed by atoms with Crippen molar-refractivity contribution in [1.29, 1.82) is 0 Å². The first-order valence-corrected chi connectivity index (χ1v) is 6.83. The molecule has 112 valence electrons. The van der Waals surface area contributed by atoms with Crippen LogP contribution in [-0.4, -0.2) is 42.3 Å². The number of aryl methyl sites for hydroxylation is 1. The lowest BCUT2D eigenvalue weighted by Gasteiger charge is -2.23. The molecule has 5 nitrogen and oxygen atoms in total. The number of hydrogen-bond acceptors (Lipinski definition) is 3. The molecule has 0 aliphatic carbocycles. The fraction of sp³-hybridized carbons (Fsp3) is 0.533. The highest BCUT2D eigenvalue weighted by Gasteiger charge is 2.15. The Kier molecular flexibility index (Phi) is 6.31. The first kappa shape index (κ1) is 16.3. The van der Waals surface area contributed by atoms with Gasteiger partial charge in [-0.15, -0.1) is 0 Å². The van der Waals surface area contributed by atoms with Gasteiger partial charge < -0.3 is 20.1 Å². The minimum Gasteiger partial charge on any atom is -0.494 e. The number of ether oxygens (including phenoxy) is 1. The predicted octanol–water partition coefficient (Wildman–Crippen LogP) is 1.92. The van der Waals surface area contributed by atoms with Crippen LogP contribution in [0.1, 0.15) is 25.0 Å². The molecule has 0 bridgehead atoms. The number of rotatable bonds is 6. The highest BCUT2D eigenvalue weighted by Crippen LogP contribution is 2.20. The lowest BCUT2D eigenvalue weighted by atomic mass is 10.1. The number of nitrogens with zero attached hydrogens (tertiary/aromatic N) is 1. The summed E-state index contributed by atoms with van der Waals surface area (Å²) < 4.78 is 5.57. The van der Waals surface area contributed by atoms with Gasteiger partial charge in [0.05, 0.1) is 19.3 Å². The van der Waals surface area contributed by atoms with Gasteiger partial charge in [0.25, 0.3) is 0 Å². The molecule has 0 radical (unpaired) electrons. The number of carbonyl (C=O) groups is 1. The lowest BCUT2D eigenvalue weighted by Crippen LogP contribution is -2.43. The topological polar surface area (TPSA) is 61.8 Å². The van der Waals surface area contributed by atoms with E-state index in [-0.39, 0.29) is 18.7 Å². The number of benzene rings is 1. The van der Waals surface area contributed by atoms with E-state index in [0.29, 0.717) is 13.2 Å². The van der Waals surface area contributed by atoms with Crippen molar-refractivity contribution in [2.45, 2.75) is 33.4 Å². The normalized spacial score (nSPS) is 11.8. The predicted molar refractivity (Wildman–Crippen MR) is 78.9 cm³/mol. The molecule has 0 aliphatic rings. The highest BCUT2D eigenvalue weighted by atomic mass is 16.5. The van der Waals surface area contributed by atoms with Crippen LogP contribution >= 0.6 is 0 Å². The molecule has 0 saturated heterocycles. The van der Waals surface area contributed by atoms with Crippen LogP contribution in [0.15, 0.2) is 18.2 Å². The van der Waals surface area contributed by atoms with E-state index in [1.807, 2.05) is 32.0 Å². The number of nitrogens with one attached hydrogen (secondary N) is 1. The van der Waals surface area contributed by atoms with Crippen LogP contribution in [0.4, 0.5) is 4.79 Å². The minimum absolute atomic E-state index is 0.0569. The Labute approximate surface area is 120 Å². The molecule has 5 heteroatoms. The van der Waals surface area contributed by atoms with Gasteiger partial charge in [-0.25, -0.2) is 4.79 Å². The molecule has 1 aromatic carbocycles. The van der Waals surface area contributed by atoms with Crippen LogP contribution in [0.25, 0.3) is 0 Å². The molecular formula is C15H24N2O3. The molecule has 0 aromatic heterocycles. The summed E-state index contributed by atoms with van der Waals surface area (Å²) in [6.45, 7) is 6.65. The standard InChI is InChI=1S/C15H24N2O3/c1-5-20-14-8-11(2)6-7-13(14)9-16-15(19)17(4)12(3)10-18/h6-8,12,18H,5,9-10H2,1-4H3,(H,16,19). The Morgan fingerprint density at radius 1 is 1.50 bits per heavy atom. The second kappa shape index (κ2) is 7.75. The molecule has 0 saturated carbocycles. The van der Waals surface area contributed by atoms with E-state index in [2.05, 4.69) is 5.32 Å². The first-order chi connectivity index (χ1) is 9.49. The molecule has 2 N–H and O–H groups in total. The van der Waals surface area contributed by atoms with Gasteiger partial charge in [0.2, 0.25) is 0 Å². The van der Waals surface area contributed by atoms with Gasteiger partial charge in [-0.3, -0.25) is 0 Å². The summed E-state index contributed by atoms with van der Waals surface area (Å²) in [6, 6.07) is 5.49. The Hall–Kier alpha value is -1.75. The van der Waals surface area contributed by atoms with Crippen molar-refractivity contribution < 1.29 is 14.6 Å². The Morgan fingerprint density at radius 3 is 2.80 bits per heavy atom. The van der Waals surface area contributed by atoms with Crippen molar-refractivity contribution in [3.8, 4) is 5.75 Å². The maximum atomic E-state index is 11.9. The maximum Gasteiger partial charge on any atom is 0.317 e. The summed E-state index contributed by atoms with van der Waals surface area (Å²) in [5, 5.41) is 11.9. The highest BCUT2D eigenvalue weighted by molar-refractivity contribution is 5.74. The summed E-state index contributed by atoms with van der Waals surface area (Å²) in [6.07, 6.45) is 0.